The van der Waals surface area contributed by atoms with Gasteiger partial charge in [-0.25, -0.2) is 9.37 Å². The Morgan fingerprint density at radius 2 is 1.89 bits per heavy atom. The number of hydrogen-bond donors (Lipinski definition) is 1. The first-order valence-electron chi connectivity index (χ1n) is 8.74. The zero-order valence-corrected chi connectivity index (χ0v) is 15.1. The van der Waals surface area contributed by atoms with Crippen LogP contribution in [0.1, 0.15) is 5.56 Å². The molecule has 1 heterocycles. The second kappa shape index (κ2) is 7.52. The second-order valence-electron chi connectivity index (χ2n) is 6.28. The number of halogens is 1. The smallest absolute Gasteiger partial charge is 0.262 e. The van der Waals surface area contributed by atoms with Crippen LogP contribution in [0, 0.1) is 12.7 Å². The lowest BCUT2D eigenvalue weighted by Crippen LogP contribution is -2.20. The molecule has 1 amide bonds. The normalized spacial score (nSPS) is 10.8. The molecule has 4 rings (SSSR count). The van der Waals surface area contributed by atoms with E-state index < -0.39 is 11.7 Å². The minimum Gasteiger partial charge on any atom is -0.481 e. The standard InChI is InChI=1S/C22H17FN2O3/c1-14-6-2-3-7-16(14)22-25-18-11-10-15(12-20(18)28-22)24-21(26)13-27-19-9-5-4-8-17(19)23/h2-12H,13H2,1H3,(H,24,26). The van der Waals surface area contributed by atoms with Gasteiger partial charge >= 0.3 is 0 Å². The highest BCUT2D eigenvalue weighted by Gasteiger charge is 2.12. The van der Waals surface area contributed by atoms with Crippen molar-refractivity contribution in [1.29, 1.82) is 0 Å². The van der Waals surface area contributed by atoms with E-state index in [4.69, 9.17) is 9.15 Å². The summed E-state index contributed by atoms with van der Waals surface area (Å²) in [6.07, 6.45) is 0. The van der Waals surface area contributed by atoms with E-state index in [1.165, 1.54) is 12.1 Å². The van der Waals surface area contributed by atoms with Crippen molar-refractivity contribution in [2.75, 3.05) is 11.9 Å². The molecule has 0 aliphatic heterocycles. The quantitative estimate of drug-likeness (QED) is 0.535. The van der Waals surface area contributed by atoms with Gasteiger partial charge in [0.25, 0.3) is 5.91 Å². The van der Waals surface area contributed by atoms with E-state index in [1.54, 1.807) is 30.3 Å². The monoisotopic (exact) mass is 376 g/mol. The molecule has 28 heavy (non-hydrogen) atoms. The molecule has 1 N–H and O–H groups in total. The van der Waals surface area contributed by atoms with Crippen molar-refractivity contribution in [3.63, 3.8) is 0 Å². The number of nitrogens with one attached hydrogen (secondary N) is 1. The average Bonchev–Trinajstić information content (AvgIpc) is 3.11. The van der Waals surface area contributed by atoms with Crippen molar-refractivity contribution in [3.05, 3.63) is 78.1 Å². The van der Waals surface area contributed by atoms with Gasteiger partial charge < -0.3 is 14.5 Å². The lowest BCUT2D eigenvalue weighted by molar-refractivity contribution is -0.118. The lowest BCUT2D eigenvalue weighted by Gasteiger charge is -2.08. The molecule has 1 aromatic heterocycles. The number of oxazole rings is 1. The van der Waals surface area contributed by atoms with Crippen LogP contribution in [0.2, 0.25) is 0 Å². The predicted octanol–water partition coefficient (Wildman–Crippen LogP) is 4.96. The van der Waals surface area contributed by atoms with Gasteiger partial charge in [-0.3, -0.25) is 4.79 Å². The summed E-state index contributed by atoms with van der Waals surface area (Å²) in [5, 5.41) is 2.71. The fourth-order valence-corrected chi connectivity index (χ4v) is 2.83. The van der Waals surface area contributed by atoms with Crippen LogP contribution in [0.3, 0.4) is 0 Å². The van der Waals surface area contributed by atoms with E-state index in [2.05, 4.69) is 10.3 Å². The number of rotatable bonds is 5. The maximum Gasteiger partial charge on any atom is 0.262 e. The van der Waals surface area contributed by atoms with Crippen LogP contribution < -0.4 is 10.1 Å². The number of nitrogens with zero attached hydrogens (tertiary/aromatic N) is 1. The van der Waals surface area contributed by atoms with Crippen molar-refractivity contribution in [1.82, 2.24) is 4.98 Å². The fourth-order valence-electron chi connectivity index (χ4n) is 2.83. The van der Waals surface area contributed by atoms with Gasteiger partial charge in [-0.05, 0) is 42.8 Å². The minimum absolute atomic E-state index is 0.0335. The van der Waals surface area contributed by atoms with E-state index in [1.807, 2.05) is 31.2 Å². The van der Waals surface area contributed by atoms with Crippen LogP contribution in [0.4, 0.5) is 10.1 Å². The van der Waals surface area contributed by atoms with E-state index in [0.29, 0.717) is 22.7 Å². The first kappa shape index (κ1) is 17.7. The highest BCUT2D eigenvalue weighted by Crippen LogP contribution is 2.28. The summed E-state index contributed by atoms with van der Waals surface area (Å²) in [7, 11) is 0. The minimum atomic E-state index is -0.512. The van der Waals surface area contributed by atoms with E-state index in [9.17, 15) is 9.18 Å². The fraction of sp³-hybridized carbons (Fsp3) is 0.0909. The highest BCUT2D eigenvalue weighted by atomic mass is 19.1. The number of carbonyl (C=O) groups is 1. The van der Waals surface area contributed by atoms with Gasteiger partial charge in [0.2, 0.25) is 5.89 Å². The SMILES string of the molecule is Cc1ccccc1-c1nc2ccc(NC(=O)COc3ccccc3F)cc2o1. The summed E-state index contributed by atoms with van der Waals surface area (Å²) in [4.78, 5) is 16.6. The molecular weight excluding hydrogens is 359 g/mol. The summed E-state index contributed by atoms with van der Waals surface area (Å²) >= 11 is 0. The Morgan fingerprint density at radius 1 is 1.11 bits per heavy atom. The molecule has 0 saturated carbocycles. The van der Waals surface area contributed by atoms with Crippen molar-refractivity contribution in [2.45, 2.75) is 6.92 Å². The average molecular weight is 376 g/mol. The van der Waals surface area contributed by atoms with Crippen LogP contribution in [0.5, 0.6) is 5.75 Å². The molecule has 3 aromatic carbocycles. The van der Waals surface area contributed by atoms with E-state index >= 15 is 0 Å². The van der Waals surface area contributed by atoms with Crippen LogP contribution in [0.25, 0.3) is 22.6 Å². The van der Waals surface area contributed by atoms with Gasteiger partial charge in [-0.1, -0.05) is 30.3 Å². The molecule has 6 heteroatoms. The summed E-state index contributed by atoms with van der Waals surface area (Å²) < 4.78 is 24.6. The number of anilines is 1. The molecule has 4 aromatic rings. The number of hydrogen-bond acceptors (Lipinski definition) is 4. The van der Waals surface area contributed by atoms with Crippen molar-refractivity contribution < 1.29 is 18.3 Å². The Kier molecular flexibility index (Phi) is 4.76. The first-order chi connectivity index (χ1) is 13.6. The van der Waals surface area contributed by atoms with E-state index in [-0.39, 0.29) is 12.4 Å². The van der Waals surface area contributed by atoms with Crippen LogP contribution in [-0.4, -0.2) is 17.5 Å². The van der Waals surface area contributed by atoms with Crippen molar-refractivity contribution in [2.24, 2.45) is 0 Å². The van der Waals surface area contributed by atoms with Gasteiger partial charge in [0.1, 0.15) is 5.52 Å². The third-order valence-electron chi connectivity index (χ3n) is 4.24. The third kappa shape index (κ3) is 3.71. The van der Waals surface area contributed by atoms with Gasteiger partial charge in [0.15, 0.2) is 23.8 Å². The second-order valence-corrected chi connectivity index (χ2v) is 6.28. The Balaban J connectivity index is 1.48. The van der Waals surface area contributed by atoms with Crippen molar-refractivity contribution >= 4 is 22.7 Å². The lowest BCUT2D eigenvalue weighted by atomic mass is 10.1. The molecule has 0 bridgehead atoms. The molecule has 0 aliphatic carbocycles. The number of amides is 1. The highest BCUT2D eigenvalue weighted by molar-refractivity contribution is 5.94. The Labute approximate surface area is 160 Å². The molecule has 0 radical (unpaired) electrons. The number of carbonyl (C=O) groups excluding carboxylic acids is 1. The summed E-state index contributed by atoms with van der Waals surface area (Å²) in [6, 6.07) is 19.0. The predicted molar refractivity (Wildman–Crippen MR) is 105 cm³/mol. The molecule has 0 saturated heterocycles. The van der Waals surface area contributed by atoms with Crippen LogP contribution in [0.15, 0.2) is 71.1 Å². The number of ether oxygens (including phenoxy) is 1. The molecule has 0 spiro atoms. The summed E-state index contributed by atoms with van der Waals surface area (Å²) in [5.41, 5.74) is 3.78. The topological polar surface area (TPSA) is 64.4 Å². The van der Waals surface area contributed by atoms with Crippen molar-refractivity contribution in [3.8, 4) is 17.2 Å². The number of para-hydroxylation sites is 1. The molecule has 0 fully saturated rings. The number of aromatic nitrogens is 1. The molecular formula is C22H17FN2O3. The van der Waals surface area contributed by atoms with Crippen LogP contribution in [-0.2, 0) is 4.79 Å². The molecule has 5 nitrogen and oxygen atoms in total. The molecule has 0 atom stereocenters. The van der Waals surface area contributed by atoms with E-state index in [0.717, 1.165) is 11.1 Å². The zero-order valence-electron chi connectivity index (χ0n) is 15.1. The van der Waals surface area contributed by atoms with Gasteiger partial charge in [0, 0.05) is 17.3 Å². The Morgan fingerprint density at radius 3 is 2.71 bits per heavy atom. The number of aryl methyl sites for hydroxylation is 1. The maximum absolute atomic E-state index is 13.5. The van der Waals surface area contributed by atoms with Gasteiger partial charge in [-0.15, -0.1) is 0 Å². The zero-order chi connectivity index (χ0) is 19.5. The maximum atomic E-state index is 13.5. The van der Waals surface area contributed by atoms with Gasteiger partial charge in [0.05, 0.1) is 0 Å². The summed E-state index contributed by atoms with van der Waals surface area (Å²) in [6.45, 7) is 1.69. The third-order valence-corrected chi connectivity index (χ3v) is 4.24. The Bertz CT molecular complexity index is 1150. The number of fused-ring (bicyclic) bond motifs is 1. The molecule has 0 unspecified atom stereocenters. The first-order valence-corrected chi connectivity index (χ1v) is 8.74. The van der Waals surface area contributed by atoms with Gasteiger partial charge in [-0.2, -0.15) is 0 Å². The molecule has 0 aliphatic rings. The van der Waals surface area contributed by atoms with Crippen LogP contribution >= 0.6 is 0 Å². The largest absolute Gasteiger partial charge is 0.481 e. The number of benzene rings is 3. The molecule has 140 valence electrons. The Hall–Kier alpha value is -3.67. The summed E-state index contributed by atoms with van der Waals surface area (Å²) in [5.74, 6) is -0.353.